The highest BCUT2D eigenvalue weighted by molar-refractivity contribution is 14.0. The quantitative estimate of drug-likeness (QED) is 0.366. The van der Waals surface area contributed by atoms with Crippen molar-refractivity contribution in [3.8, 4) is 0 Å². The Balaban J connectivity index is 0.00000220. The Morgan fingerprint density at radius 1 is 1.48 bits per heavy atom. The molecule has 1 aromatic heterocycles. The molecule has 1 saturated carbocycles. The fraction of sp³-hybridized carbons (Fsp3) is 0.600. The van der Waals surface area contributed by atoms with Gasteiger partial charge in [-0.1, -0.05) is 12.5 Å². The van der Waals surface area contributed by atoms with Crippen molar-refractivity contribution in [2.24, 2.45) is 22.6 Å². The van der Waals surface area contributed by atoms with Gasteiger partial charge in [0.2, 0.25) is 0 Å². The van der Waals surface area contributed by atoms with Crippen LogP contribution in [0.1, 0.15) is 25.0 Å². The van der Waals surface area contributed by atoms with E-state index in [2.05, 4.69) is 15.3 Å². The summed E-state index contributed by atoms with van der Waals surface area (Å²) in [4.78, 5) is 8.58. The number of halogens is 1. The molecule has 21 heavy (non-hydrogen) atoms. The van der Waals surface area contributed by atoms with E-state index in [1.807, 2.05) is 18.2 Å². The molecule has 2 rings (SSSR count). The number of hydrogen-bond donors (Lipinski definition) is 3. The number of aliphatic hydroxyl groups excluding tert-OH is 1. The van der Waals surface area contributed by atoms with Gasteiger partial charge in [-0.3, -0.25) is 9.98 Å². The Bertz CT molecular complexity index is 423. The summed E-state index contributed by atoms with van der Waals surface area (Å²) in [6.45, 7) is 1.53. The summed E-state index contributed by atoms with van der Waals surface area (Å²) in [6.07, 6.45) is 6.40. The molecule has 0 bridgehead atoms. The van der Waals surface area contributed by atoms with Crippen molar-refractivity contribution in [1.29, 1.82) is 0 Å². The minimum Gasteiger partial charge on any atom is -0.396 e. The van der Waals surface area contributed by atoms with Crippen molar-refractivity contribution < 1.29 is 5.11 Å². The fourth-order valence-electron chi connectivity index (χ4n) is 2.23. The molecule has 1 heterocycles. The summed E-state index contributed by atoms with van der Waals surface area (Å²) in [5.41, 5.74) is 6.81. The molecular weight excluding hydrogens is 379 g/mol. The average Bonchev–Trinajstić information content (AvgIpc) is 2.43. The first-order valence-corrected chi connectivity index (χ1v) is 7.32. The lowest BCUT2D eigenvalue weighted by atomic mass is 9.85. The molecule has 1 unspecified atom stereocenters. The van der Waals surface area contributed by atoms with Crippen LogP contribution in [-0.2, 0) is 6.42 Å². The molecular formula is C15H25IN4O. The van der Waals surface area contributed by atoms with E-state index in [1.165, 1.54) is 19.3 Å². The zero-order valence-corrected chi connectivity index (χ0v) is 14.6. The number of nitrogens with two attached hydrogens (primary N) is 1. The highest BCUT2D eigenvalue weighted by Gasteiger charge is 2.17. The number of guanidine groups is 1. The number of pyridine rings is 1. The zero-order valence-electron chi connectivity index (χ0n) is 12.2. The van der Waals surface area contributed by atoms with Gasteiger partial charge in [0.15, 0.2) is 5.96 Å². The zero-order chi connectivity index (χ0) is 14.2. The van der Waals surface area contributed by atoms with Crippen LogP contribution >= 0.6 is 24.0 Å². The maximum Gasteiger partial charge on any atom is 0.188 e. The number of hydrogen-bond acceptors (Lipinski definition) is 3. The van der Waals surface area contributed by atoms with Crippen molar-refractivity contribution in [3.05, 3.63) is 30.1 Å². The highest BCUT2D eigenvalue weighted by Crippen LogP contribution is 2.24. The Kier molecular flexibility index (Phi) is 8.60. The molecule has 118 valence electrons. The predicted molar refractivity (Wildman–Crippen MR) is 95.8 cm³/mol. The van der Waals surface area contributed by atoms with Crippen molar-refractivity contribution in [2.45, 2.75) is 25.7 Å². The number of nitrogens with zero attached hydrogens (tertiary/aromatic N) is 2. The van der Waals surface area contributed by atoms with E-state index < -0.39 is 0 Å². The monoisotopic (exact) mass is 404 g/mol. The molecule has 1 fully saturated rings. The lowest BCUT2D eigenvalue weighted by molar-refractivity contribution is 0.229. The largest absolute Gasteiger partial charge is 0.396 e. The van der Waals surface area contributed by atoms with Gasteiger partial charge < -0.3 is 16.2 Å². The van der Waals surface area contributed by atoms with Gasteiger partial charge in [0.1, 0.15) is 0 Å². The Labute approximate surface area is 143 Å². The topological polar surface area (TPSA) is 83.5 Å². The third kappa shape index (κ3) is 6.60. The van der Waals surface area contributed by atoms with Crippen LogP contribution < -0.4 is 11.1 Å². The van der Waals surface area contributed by atoms with Crippen molar-refractivity contribution in [3.63, 3.8) is 0 Å². The van der Waals surface area contributed by atoms with Crippen LogP contribution in [0.15, 0.2) is 29.4 Å². The predicted octanol–water partition coefficient (Wildman–Crippen LogP) is 1.55. The van der Waals surface area contributed by atoms with Crippen LogP contribution in [0.3, 0.4) is 0 Å². The molecule has 0 aliphatic heterocycles. The summed E-state index contributed by atoms with van der Waals surface area (Å²) in [7, 11) is 0. The van der Waals surface area contributed by atoms with Gasteiger partial charge in [-0.2, -0.15) is 0 Å². The summed E-state index contributed by atoms with van der Waals surface area (Å²) in [6, 6.07) is 5.80. The molecule has 6 heteroatoms. The molecule has 0 spiro atoms. The maximum atomic E-state index is 9.41. The van der Waals surface area contributed by atoms with E-state index in [1.54, 1.807) is 6.20 Å². The van der Waals surface area contributed by atoms with Crippen molar-refractivity contribution in [1.82, 2.24) is 10.3 Å². The van der Waals surface area contributed by atoms with Gasteiger partial charge in [0.25, 0.3) is 0 Å². The SMILES string of the molecule is I.NC(=NCC(CO)Cc1ccccn1)NCC1CCC1. The molecule has 4 N–H and O–H groups in total. The van der Waals surface area contributed by atoms with E-state index >= 15 is 0 Å². The Morgan fingerprint density at radius 3 is 2.86 bits per heavy atom. The third-order valence-electron chi connectivity index (χ3n) is 3.80. The van der Waals surface area contributed by atoms with E-state index in [0.29, 0.717) is 12.5 Å². The summed E-state index contributed by atoms with van der Waals surface area (Å²) < 4.78 is 0. The number of nitrogens with one attached hydrogen (secondary N) is 1. The van der Waals surface area contributed by atoms with Gasteiger partial charge in [-0.15, -0.1) is 24.0 Å². The second-order valence-corrected chi connectivity index (χ2v) is 5.48. The number of aliphatic hydroxyl groups is 1. The van der Waals surface area contributed by atoms with E-state index in [9.17, 15) is 5.11 Å². The van der Waals surface area contributed by atoms with Crippen molar-refractivity contribution in [2.75, 3.05) is 19.7 Å². The lowest BCUT2D eigenvalue weighted by Gasteiger charge is -2.25. The number of rotatable bonds is 7. The van der Waals surface area contributed by atoms with E-state index in [-0.39, 0.29) is 36.5 Å². The van der Waals surface area contributed by atoms with E-state index in [4.69, 9.17) is 5.73 Å². The molecule has 0 saturated heterocycles. The summed E-state index contributed by atoms with van der Waals surface area (Å²) >= 11 is 0. The standard InChI is InChI=1S/C15H24N4O.HI/c16-15(18-9-12-4-3-5-12)19-10-13(11-20)8-14-6-1-2-7-17-14;/h1-2,6-7,12-13,20H,3-5,8-11H2,(H3,16,18,19);1H. The summed E-state index contributed by atoms with van der Waals surface area (Å²) in [5.74, 6) is 1.30. The second kappa shape index (κ2) is 9.94. The molecule has 1 atom stereocenters. The fourth-order valence-corrected chi connectivity index (χ4v) is 2.23. The molecule has 1 aliphatic carbocycles. The summed E-state index contributed by atoms with van der Waals surface area (Å²) in [5, 5.41) is 12.6. The van der Waals surface area contributed by atoms with Crippen LogP contribution in [0.4, 0.5) is 0 Å². The highest BCUT2D eigenvalue weighted by atomic mass is 127. The second-order valence-electron chi connectivity index (χ2n) is 5.48. The van der Waals surface area contributed by atoms with Crippen LogP contribution in [0, 0.1) is 11.8 Å². The van der Waals surface area contributed by atoms with Gasteiger partial charge in [0, 0.05) is 37.5 Å². The first-order chi connectivity index (χ1) is 9.78. The lowest BCUT2D eigenvalue weighted by Crippen LogP contribution is -2.37. The van der Waals surface area contributed by atoms with Gasteiger partial charge in [0.05, 0.1) is 0 Å². The van der Waals surface area contributed by atoms with Crippen LogP contribution in [0.5, 0.6) is 0 Å². The minimum atomic E-state index is 0. The van der Waals surface area contributed by atoms with Crippen LogP contribution in [0.2, 0.25) is 0 Å². The normalized spacial score (nSPS) is 16.7. The van der Waals surface area contributed by atoms with E-state index in [0.717, 1.165) is 24.6 Å². The first-order valence-electron chi connectivity index (χ1n) is 7.32. The Morgan fingerprint density at radius 2 is 2.29 bits per heavy atom. The molecule has 1 aromatic rings. The van der Waals surface area contributed by atoms with Gasteiger partial charge in [-0.05, 0) is 37.3 Å². The minimum absolute atomic E-state index is 0. The average molecular weight is 404 g/mol. The smallest absolute Gasteiger partial charge is 0.188 e. The number of aliphatic imine (C=N–C) groups is 1. The molecule has 5 nitrogen and oxygen atoms in total. The first kappa shape index (κ1) is 18.2. The van der Waals surface area contributed by atoms with Crippen LogP contribution in [0.25, 0.3) is 0 Å². The molecule has 0 aromatic carbocycles. The third-order valence-corrected chi connectivity index (χ3v) is 3.80. The molecule has 0 amide bonds. The van der Waals surface area contributed by atoms with Crippen LogP contribution in [-0.4, -0.2) is 35.7 Å². The number of aromatic nitrogens is 1. The van der Waals surface area contributed by atoms with Gasteiger partial charge in [-0.25, -0.2) is 0 Å². The molecule has 1 aliphatic rings. The van der Waals surface area contributed by atoms with Gasteiger partial charge >= 0.3 is 0 Å². The molecule has 0 radical (unpaired) electrons. The van der Waals surface area contributed by atoms with Crippen molar-refractivity contribution >= 4 is 29.9 Å². The maximum absolute atomic E-state index is 9.41. The Hall–Kier alpha value is -0.890.